The van der Waals surface area contributed by atoms with Crippen molar-refractivity contribution >= 4 is 5.97 Å². The highest BCUT2D eigenvalue weighted by Crippen LogP contribution is 2.52. The van der Waals surface area contributed by atoms with Gasteiger partial charge in [0, 0.05) is 17.5 Å². The lowest BCUT2D eigenvalue weighted by Gasteiger charge is -2.28. The van der Waals surface area contributed by atoms with E-state index in [0.717, 1.165) is 5.56 Å². The Bertz CT molecular complexity index is 844. The number of rotatable bonds is 5. The van der Waals surface area contributed by atoms with Crippen molar-refractivity contribution in [3.05, 3.63) is 35.4 Å². The summed E-state index contributed by atoms with van der Waals surface area (Å²) >= 11 is 0. The first-order valence-corrected chi connectivity index (χ1v) is 7.94. The van der Waals surface area contributed by atoms with Crippen molar-refractivity contribution in [3.63, 3.8) is 0 Å². The molecule has 0 fully saturated rings. The van der Waals surface area contributed by atoms with Gasteiger partial charge in [-0.25, -0.2) is 0 Å². The van der Waals surface area contributed by atoms with Gasteiger partial charge in [0.05, 0.1) is 34.9 Å². The van der Waals surface area contributed by atoms with Crippen LogP contribution in [0, 0.1) is 0 Å². The molecule has 26 heavy (non-hydrogen) atoms. The summed E-state index contributed by atoms with van der Waals surface area (Å²) in [5.41, 5.74) is 1.39. The second-order valence-corrected chi connectivity index (χ2v) is 5.72. The zero-order chi connectivity index (χ0) is 18.8. The van der Waals surface area contributed by atoms with Crippen LogP contribution in [-0.4, -0.2) is 39.5 Å². The van der Waals surface area contributed by atoms with Crippen LogP contribution in [0.4, 0.5) is 0 Å². The summed E-state index contributed by atoms with van der Waals surface area (Å²) in [5, 5.41) is 10.1. The average molecular weight is 360 g/mol. The molecule has 0 saturated carbocycles. The van der Waals surface area contributed by atoms with E-state index in [2.05, 4.69) is 0 Å². The molecule has 0 bridgehead atoms. The summed E-state index contributed by atoms with van der Waals surface area (Å²) in [6, 6.07) is 6.62. The monoisotopic (exact) mass is 360 g/mol. The standard InChI is InChI=1S/C19H20O7/c1-22-13-6-5-10(7-12(13)20)11-8-16(21)26-14-9-15(23-2)18(24-3)19(25-4)17(11)14/h5-7,9,11,20H,8H2,1-4H3/t11-/m0/s1. The molecule has 1 heterocycles. The van der Waals surface area contributed by atoms with Crippen LogP contribution in [0.3, 0.4) is 0 Å². The SMILES string of the molecule is COc1ccc([C@@H]2CC(=O)Oc3cc(OC)c(OC)c(OC)c32)cc1O. The quantitative estimate of drug-likeness (QED) is 0.648. The number of hydrogen-bond acceptors (Lipinski definition) is 7. The molecule has 2 aromatic carbocycles. The van der Waals surface area contributed by atoms with Gasteiger partial charge >= 0.3 is 5.97 Å². The number of methoxy groups -OCH3 is 4. The molecule has 3 rings (SSSR count). The predicted molar refractivity (Wildman–Crippen MR) is 92.9 cm³/mol. The molecule has 0 aliphatic carbocycles. The van der Waals surface area contributed by atoms with Crippen LogP contribution in [0.15, 0.2) is 24.3 Å². The molecule has 0 radical (unpaired) electrons. The molecular formula is C19H20O7. The van der Waals surface area contributed by atoms with Gasteiger partial charge in [0.15, 0.2) is 23.0 Å². The summed E-state index contributed by atoms with van der Waals surface area (Å²) in [6.45, 7) is 0. The lowest BCUT2D eigenvalue weighted by molar-refractivity contribution is -0.135. The molecule has 0 amide bonds. The predicted octanol–water partition coefficient (Wildman–Crippen LogP) is 2.87. The minimum Gasteiger partial charge on any atom is -0.504 e. The first-order valence-electron chi connectivity index (χ1n) is 7.94. The number of benzene rings is 2. The van der Waals surface area contributed by atoms with E-state index in [0.29, 0.717) is 34.3 Å². The molecule has 1 aliphatic heterocycles. The minimum atomic E-state index is -0.382. The van der Waals surface area contributed by atoms with Crippen LogP contribution in [0.5, 0.6) is 34.5 Å². The van der Waals surface area contributed by atoms with E-state index < -0.39 is 0 Å². The highest BCUT2D eigenvalue weighted by Gasteiger charge is 2.35. The van der Waals surface area contributed by atoms with Gasteiger partial charge in [0.1, 0.15) is 5.75 Å². The highest BCUT2D eigenvalue weighted by molar-refractivity contribution is 5.80. The summed E-state index contributed by atoms with van der Waals surface area (Å²) < 4.78 is 26.8. The summed E-state index contributed by atoms with van der Waals surface area (Å²) in [7, 11) is 5.99. The van der Waals surface area contributed by atoms with E-state index in [-0.39, 0.29) is 24.1 Å². The Morgan fingerprint density at radius 3 is 2.23 bits per heavy atom. The van der Waals surface area contributed by atoms with Gasteiger partial charge in [-0.2, -0.15) is 0 Å². The molecular weight excluding hydrogens is 340 g/mol. The normalized spacial score (nSPS) is 15.7. The van der Waals surface area contributed by atoms with E-state index in [4.69, 9.17) is 23.7 Å². The largest absolute Gasteiger partial charge is 0.504 e. The fraction of sp³-hybridized carbons (Fsp3) is 0.316. The van der Waals surface area contributed by atoms with Gasteiger partial charge in [-0.3, -0.25) is 4.79 Å². The Morgan fingerprint density at radius 1 is 0.962 bits per heavy atom. The zero-order valence-corrected chi connectivity index (χ0v) is 15.0. The van der Waals surface area contributed by atoms with E-state index >= 15 is 0 Å². The maximum absolute atomic E-state index is 12.1. The van der Waals surface area contributed by atoms with Crippen molar-refractivity contribution in [1.82, 2.24) is 0 Å². The van der Waals surface area contributed by atoms with Gasteiger partial charge in [0.2, 0.25) is 5.75 Å². The number of aromatic hydroxyl groups is 1. The molecule has 2 aromatic rings. The highest BCUT2D eigenvalue weighted by atomic mass is 16.5. The number of fused-ring (bicyclic) bond motifs is 1. The van der Waals surface area contributed by atoms with Crippen molar-refractivity contribution in [2.45, 2.75) is 12.3 Å². The molecule has 1 N–H and O–H groups in total. The Balaban J connectivity index is 2.22. The molecule has 7 heteroatoms. The Labute approximate surface area is 151 Å². The fourth-order valence-corrected chi connectivity index (χ4v) is 3.21. The molecule has 0 spiro atoms. The first kappa shape index (κ1) is 17.7. The summed E-state index contributed by atoms with van der Waals surface area (Å²) in [5.74, 6) is 1.16. The molecule has 0 unspecified atom stereocenters. The van der Waals surface area contributed by atoms with Crippen molar-refractivity contribution in [3.8, 4) is 34.5 Å². The van der Waals surface area contributed by atoms with Crippen LogP contribution in [0.2, 0.25) is 0 Å². The average Bonchev–Trinajstić information content (AvgIpc) is 2.65. The number of esters is 1. The Morgan fingerprint density at radius 2 is 1.65 bits per heavy atom. The zero-order valence-electron chi connectivity index (χ0n) is 15.0. The second kappa shape index (κ2) is 7.03. The van der Waals surface area contributed by atoms with E-state index in [1.54, 1.807) is 24.3 Å². The van der Waals surface area contributed by atoms with Gasteiger partial charge < -0.3 is 28.8 Å². The lowest BCUT2D eigenvalue weighted by atomic mass is 9.85. The second-order valence-electron chi connectivity index (χ2n) is 5.72. The van der Waals surface area contributed by atoms with E-state index in [1.165, 1.54) is 28.4 Å². The lowest BCUT2D eigenvalue weighted by Crippen LogP contribution is -2.22. The van der Waals surface area contributed by atoms with E-state index in [1.807, 2.05) is 0 Å². The minimum absolute atomic E-state index is 0.00932. The topological polar surface area (TPSA) is 83.5 Å². The number of ether oxygens (including phenoxy) is 5. The number of phenolic OH excluding ortho intramolecular Hbond substituents is 1. The van der Waals surface area contributed by atoms with Crippen molar-refractivity contribution < 1.29 is 33.6 Å². The molecule has 1 atom stereocenters. The third-order valence-electron chi connectivity index (χ3n) is 4.38. The smallest absolute Gasteiger partial charge is 0.312 e. The molecule has 0 saturated heterocycles. The van der Waals surface area contributed by atoms with E-state index in [9.17, 15) is 9.90 Å². The third-order valence-corrected chi connectivity index (χ3v) is 4.38. The van der Waals surface area contributed by atoms with Crippen molar-refractivity contribution in [1.29, 1.82) is 0 Å². The van der Waals surface area contributed by atoms with Crippen molar-refractivity contribution in [2.75, 3.05) is 28.4 Å². The van der Waals surface area contributed by atoms with Crippen LogP contribution in [-0.2, 0) is 4.79 Å². The number of carbonyl (C=O) groups is 1. The van der Waals surface area contributed by atoms with Crippen LogP contribution in [0.25, 0.3) is 0 Å². The number of hydrogen-bond donors (Lipinski definition) is 1. The van der Waals surface area contributed by atoms with Gasteiger partial charge in [0.25, 0.3) is 0 Å². The molecule has 138 valence electrons. The molecule has 7 nitrogen and oxygen atoms in total. The molecule has 0 aromatic heterocycles. The van der Waals surface area contributed by atoms with Gasteiger partial charge in [-0.05, 0) is 17.7 Å². The Hall–Kier alpha value is -3.09. The van der Waals surface area contributed by atoms with Gasteiger partial charge in [-0.15, -0.1) is 0 Å². The van der Waals surface area contributed by atoms with Gasteiger partial charge in [-0.1, -0.05) is 6.07 Å². The summed E-state index contributed by atoms with van der Waals surface area (Å²) in [4.78, 5) is 12.1. The number of carbonyl (C=O) groups excluding carboxylic acids is 1. The summed E-state index contributed by atoms with van der Waals surface area (Å²) in [6.07, 6.45) is 0.102. The van der Waals surface area contributed by atoms with Crippen LogP contribution in [0.1, 0.15) is 23.5 Å². The third kappa shape index (κ3) is 2.85. The maximum atomic E-state index is 12.1. The van der Waals surface area contributed by atoms with Crippen molar-refractivity contribution in [2.24, 2.45) is 0 Å². The Kier molecular flexibility index (Phi) is 4.79. The number of phenols is 1. The molecule has 1 aliphatic rings. The fourth-order valence-electron chi connectivity index (χ4n) is 3.21. The van der Waals surface area contributed by atoms with Crippen LogP contribution < -0.4 is 23.7 Å². The van der Waals surface area contributed by atoms with Crippen LogP contribution >= 0.6 is 0 Å². The first-order chi connectivity index (χ1) is 12.5. The maximum Gasteiger partial charge on any atom is 0.312 e.